The number of halogens is 1. The second-order valence-electron chi connectivity index (χ2n) is 7.76. The number of amides is 1. The van der Waals surface area contributed by atoms with E-state index in [2.05, 4.69) is 39.4 Å². The first-order chi connectivity index (χ1) is 14.7. The van der Waals surface area contributed by atoms with E-state index < -0.39 is 0 Å². The molecule has 7 heteroatoms. The Balaban J connectivity index is 0.00000272. The summed E-state index contributed by atoms with van der Waals surface area (Å²) in [7, 11) is 0. The molecule has 1 saturated heterocycles. The van der Waals surface area contributed by atoms with Gasteiger partial charge in [0.2, 0.25) is 5.91 Å². The van der Waals surface area contributed by atoms with Gasteiger partial charge in [0.1, 0.15) is 0 Å². The molecule has 0 radical (unpaired) electrons. The van der Waals surface area contributed by atoms with Gasteiger partial charge in [0.05, 0.1) is 6.61 Å². The van der Waals surface area contributed by atoms with Gasteiger partial charge in [0.25, 0.3) is 0 Å². The first-order valence-electron chi connectivity index (χ1n) is 10.7. The maximum absolute atomic E-state index is 12.0. The minimum atomic E-state index is 0. The van der Waals surface area contributed by atoms with Crippen LogP contribution in [0.4, 0.5) is 11.4 Å². The van der Waals surface area contributed by atoms with Crippen molar-refractivity contribution in [2.75, 3.05) is 42.9 Å². The molecule has 0 spiro atoms. The van der Waals surface area contributed by atoms with E-state index in [4.69, 9.17) is 0 Å². The number of aliphatic hydroxyl groups excluding tert-OH is 1. The molecule has 0 unspecified atom stereocenters. The third-order valence-electron chi connectivity index (χ3n) is 5.64. The predicted molar refractivity (Wildman–Crippen MR) is 133 cm³/mol. The van der Waals surface area contributed by atoms with E-state index in [0.717, 1.165) is 56.1 Å². The van der Waals surface area contributed by atoms with E-state index in [0.29, 0.717) is 6.42 Å². The lowest BCUT2D eigenvalue weighted by molar-refractivity contribution is -0.116. The Morgan fingerprint density at radius 3 is 2.52 bits per heavy atom. The molecule has 3 aromatic rings. The second-order valence-corrected chi connectivity index (χ2v) is 8.93. The molecule has 0 saturated carbocycles. The van der Waals surface area contributed by atoms with Gasteiger partial charge in [-0.25, -0.2) is 0 Å². The number of carbonyl (C=O) groups is 1. The molecule has 2 N–H and O–H groups in total. The van der Waals surface area contributed by atoms with Crippen LogP contribution in [0.5, 0.6) is 0 Å². The minimum Gasteiger partial charge on any atom is -0.391 e. The van der Waals surface area contributed by atoms with Crippen LogP contribution in [-0.2, 0) is 11.4 Å². The molecule has 1 aromatic heterocycles. The average molecular weight is 460 g/mol. The van der Waals surface area contributed by atoms with Crippen molar-refractivity contribution < 1.29 is 9.90 Å². The lowest BCUT2D eigenvalue weighted by Crippen LogP contribution is -2.46. The molecule has 0 bridgehead atoms. The number of nitrogens with zero attached hydrogens (tertiary/aromatic N) is 2. The monoisotopic (exact) mass is 459 g/mol. The molecule has 5 nitrogen and oxygen atoms in total. The number of nitrogens with one attached hydrogen (secondary N) is 1. The number of hydrogen-bond acceptors (Lipinski definition) is 5. The van der Waals surface area contributed by atoms with E-state index in [1.807, 2.05) is 30.3 Å². The number of hydrogen-bond donors (Lipinski definition) is 2. The zero-order chi connectivity index (χ0) is 20.8. The average Bonchev–Trinajstić information content (AvgIpc) is 3.21. The molecule has 166 valence electrons. The number of carbonyl (C=O) groups excluding carboxylic acids is 1. The van der Waals surface area contributed by atoms with Gasteiger partial charge in [-0.2, -0.15) is 0 Å². The number of unbranched alkanes of at least 4 members (excludes halogenated alkanes) is 1. The van der Waals surface area contributed by atoms with Gasteiger partial charge in [-0.3, -0.25) is 9.69 Å². The highest BCUT2D eigenvalue weighted by molar-refractivity contribution is 7.19. The lowest BCUT2D eigenvalue weighted by atomic mass is 10.1. The minimum absolute atomic E-state index is 0. The van der Waals surface area contributed by atoms with Crippen molar-refractivity contribution in [2.45, 2.75) is 25.9 Å². The highest BCUT2D eigenvalue weighted by Gasteiger charge is 2.19. The molecule has 4 rings (SSSR count). The maximum atomic E-state index is 12.0. The van der Waals surface area contributed by atoms with Crippen molar-refractivity contribution in [3.05, 3.63) is 59.5 Å². The molecule has 2 aromatic carbocycles. The Hall–Kier alpha value is -2.12. The van der Waals surface area contributed by atoms with Crippen LogP contribution in [-0.4, -0.2) is 48.6 Å². The highest BCUT2D eigenvalue weighted by Crippen LogP contribution is 2.33. The predicted octanol–water partition coefficient (Wildman–Crippen LogP) is 4.75. The summed E-state index contributed by atoms with van der Waals surface area (Å²) in [4.78, 5) is 18.0. The summed E-state index contributed by atoms with van der Waals surface area (Å²) in [5.74, 6) is 0.0946. The Morgan fingerprint density at radius 1 is 1.00 bits per heavy atom. The van der Waals surface area contributed by atoms with Crippen LogP contribution in [0.15, 0.2) is 54.6 Å². The quantitative estimate of drug-likeness (QED) is 0.477. The number of aliphatic hydroxyl groups is 1. The zero-order valence-corrected chi connectivity index (χ0v) is 19.3. The fourth-order valence-electron chi connectivity index (χ4n) is 4.03. The number of benzene rings is 2. The van der Waals surface area contributed by atoms with Crippen LogP contribution in [0.2, 0.25) is 0 Å². The van der Waals surface area contributed by atoms with Crippen molar-refractivity contribution in [2.24, 2.45) is 0 Å². The van der Waals surface area contributed by atoms with Crippen LogP contribution in [0.3, 0.4) is 0 Å². The Kier molecular flexibility index (Phi) is 8.72. The molecular weight excluding hydrogens is 430 g/mol. The van der Waals surface area contributed by atoms with E-state index in [1.165, 1.54) is 15.8 Å². The van der Waals surface area contributed by atoms with Gasteiger partial charge >= 0.3 is 0 Å². The summed E-state index contributed by atoms with van der Waals surface area (Å²) in [5.41, 5.74) is 2.14. The molecule has 0 aliphatic carbocycles. The van der Waals surface area contributed by atoms with Crippen molar-refractivity contribution in [3.8, 4) is 0 Å². The van der Waals surface area contributed by atoms with Crippen LogP contribution in [0.1, 0.15) is 24.1 Å². The molecule has 1 amide bonds. The third kappa shape index (κ3) is 6.20. The van der Waals surface area contributed by atoms with Gasteiger partial charge in [-0.1, -0.05) is 24.3 Å². The topological polar surface area (TPSA) is 55.8 Å². The van der Waals surface area contributed by atoms with Crippen LogP contribution >= 0.6 is 23.7 Å². The lowest BCUT2D eigenvalue weighted by Gasteiger charge is -2.36. The summed E-state index contributed by atoms with van der Waals surface area (Å²) in [6.07, 6.45) is 2.53. The van der Waals surface area contributed by atoms with E-state index in [-0.39, 0.29) is 24.9 Å². The van der Waals surface area contributed by atoms with Crippen LogP contribution < -0.4 is 10.2 Å². The van der Waals surface area contributed by atoms with Crippen molar-refractivity contribution in [1.29, 1.82) is 0 Å². The molecule has 31 heavy (non-hydrogen) atoms. The van der Waals surface area contributed by atoms with Crippen LogP contribution in [0, 0.1) is 0 Å². The maximum Gasteiger partial charge on any atom is 0.224 e. The molecule has 1 aliphatic rings. The van der Waals surface area contributed by atoms with Crippen molar-refractivity contribution >= 4 is 51.1 Å². The van der Waals surface area contributed by atoms with Crippen molar-refractivity contribution in [3.63, 3.8) is 0 Å². The van der Waals surface area contributed by atoms with Gasteiger partial charge in [0, 0.05) is 58.9 Å². The summed E-state index contributed by atoms with van der Waals surface area (Å²) in [6.45, 7) is 5.27. The molecular formula is C24H30ClN3O2S. The standard InChI is InChI=1S/C24H29N3O2S.ClH/c28-18-20-17-21-22(9-6-10-23(21)30-20)27-15-13-26(14-16-27)12-5-4-11-24(29)25-19-7-2-1-3-8-19;/h1-3,6-10,17,28H,4-5,11-16,18H2,(H,25,29);1H. The summed E-state index contributed by atoms with van der Waals surface area (Å²) >= 11 is 1.67. The largest absolute Gasteiger partial charge is 0.391 e. The van der Waals surface area contributed by atoms with E-state index in [9.17, 15) is 9.90 Å². The smallest absolute Gasteiger partial charge is 0.224 e. The fraction of sp³-hybridized carbons (Fsp3) is 0.375. The number of para-hydroxylation sites is 1. The van der Waals surface area contributed by atoms with Crippen LogP contribution in [0.25, 0.3) is 10.1 Å². The molecule has 1 fully saturated rings. The molecule has 2 heterocycles. The first-order valence-corrected chi connectivity index (χ1v) is 11.5. The molecule has 1 aliphatic heterocycles. The number of anilines is 2. The summed E-state index contributed by atoms with van der Waals surface area (Å²) < 4.78 is 1.24. The normalized spacial score (nSPS) is 14.4. The SMILES string of the molecule is Cl.O=C(CCCCN1CCN(c2cccc3sc(CO)cc23)CC1)Nc1ccccc1. The van der Waals surface area contributed by atoms with Gasteiger partial charge < -0.3 is 15.3 Å². The third-order valence-corrected chi connectivity index (χ3v) is 6.73. The summed E-state index contributed by atoms with van der Waals surface area (Å²) in [5, 5.41) is 13.7. The Bertz CT molecular complexity index is 971. The number of thiophene rings is 1. The highest BCUT2D eigenvalue weighted by atomic mass is 35.5. The van der Waals surface area contributed by atoms with E-state index in [1.54, 1.807) is 11.3 Å². The first kappa shape index (κ1) is 23.5. The van der Waals surface area contributed by atoms with Gasteiger partial charge in [-0.05, 0) is 49.7 Å². The zero-order valence-electron chi connectivity index (χ0n) is 17.6. The fourth-order valence-corrected chi connectivity index (χ4v) is 4.97. The Labute approximate surface area is 194 Å². The number of piperazine rings is 1. The van der Waals surface area contributed by atoms with Crippen molar-refractivity contribution in [1.82, 2.24) is 4.90 Å². The summed E-state index contributed by atoms with van der Waals surface area (Å²) in [6, 6.07) is 18.2. The molecule has 0 atom stereocenters. The number of rotatable bonds is 8. The second kappa shape index (κ2) is 11.5. The number of fused-ring (bicyclic) bond motifs is 1. The Morgan fingerprint density at radius 2 is 1.77 bits per heavy atom. The van der Waals surface area contributed by atoms with E-state index >= 15 is 0 Å². The van der Waals surface area contributed by atoms with Gasteiger partial charge in [-0.15, -0.1) is 23.7 Å². The van der Waals surface area contributed by atoms with Gasteiger partial charge in [0.15, 0.2) is 0 Å².